The monoisotopic (exact) mass is 248 g/mol. The van der Waals surface area contributed by atoms with Crippen LogP contribution >= 0.6 is 11.3 Å². The molecule has 0 unspecified atom stereocenters. The Morgan fingerprint density at radius 3 is 3.24 bits per heavy atom. The molecule has 0 radical (unpaired) electrons. The minimum atomic E-state index is 0.691. The number of aromatic nitrogens is 1. The van der Waals surface area contributed by atoms with Crippen molar-refractivity contribution >= 4 is 27.2 Å². The van der Waals surface area contributed by atoms with Gasteiger partial charge >= 0.3 is 0 Å². The molecule has 3 nitrogen and oxygen atoms in total. The summed E-state index contributed by atoms with van der Waals surface area (Å²) in [5.74, 6) is 0.941. The number of thiophene rings is 1. The van der Waals surface area contributed by atoms with Crippen molar-refractivity contribution in [3.63, 3.8) is 0 Å². The molecule has 0 amide bonds. The van der Waals surface area contributed by atoms with E-state index in [4.69, 9.17) is 4.74 Å². The summed E-state index contributed by atoms with van der Waals surface area (Å²) in [6.07, 6.45) is 4.60. The fourth-order valence-corrected chi connectivity index (χ4v) is 2.33. The fraction of sp³-hybridized carbons (Fsp3) is 0.308. The molecular formula is C13H16N2OS. The highest BCUT2D eigenvalue weighted by Gasteiger charge is 2.01. The molecular weight excluding hydrogens is 232 g/mol. The molecule has 0 aliphatic heterocycles. The lowest BCUT2D eigenvalue weighted by molar-refractivity contribution is 0.149. The molecule has 0 bridgehead atoms. The van der Waals surface area contributed by atoms with Crippen molar-refractivity contribution in [2.45, 2.75) is 6.42 Å². The van der Waals surface area contributed by atoms with Crippen molar-refractivity contribution in [3.8, 4) is 0 Å². The molecule has 0 saturated heterocycles. The van der Waals surface area contributed by atoms with Crippen LogP contribution in [-0.2, 0) is 4.74 Å². The van der Waals surface area contributed by atoms with Crippen LogP contribution in [0.3, 0.4) is 0 Å². The zero-order valence-corrected chi connectivity index (χ0v) is 10.5. The first-order chi connectivity index (χ1) is 8.42. The summed E-state index contributed by atoms with van der Waals surface area (Å²) in [4.78, 5) is 4.34. The summed E-state index contributed by atoms with van der Waals surface area (Å²) in [6.45, 7) is 5.85. The standard InChI is InChI=1S/C13H16N2OS/c1-2-3-8-16-9-7-15-13-11-5-10-17-12(11)4-6-14-13/h2,4-6,10H,1,3,7-9H2,(H,14,15). The lowest BCUT2D eigenvalue weighted by Gasteiger charge is -2.06. The van der Waals surface area contributed by atoms with Crippen molar-refractivity contribution in [1.29, 1.82) is 0 Å². The van der Waals surface area contributed by atoms with Crippen molar-refractivity contribution < 1.29 is 4.74 Å². The molecule has 4 heteroatoms. The maximum absolute atomic E-state index is 5.43. The summed E-state index contributed by atoms with van der Waals surface area (Å²) in [6, 6.07) is 4.12. The molecule has 1 N–H and O–H groups in total. The average Bonchev–Trinajstić information content (AvgIpc) is 2.82. The molecule has 0 saturated carbocycles. The predicted octanol–water partition coefficient (Wildman–Crippen LogP) is 3.30. The van der Waals surface area contributed by atoms with Crippen LogP contribution in [0.4, 0.5) is 5.82 Å². The van der Waals surface area contributed by atoms with Crippen molar-refractivity contribution in [3.05, 3.63) is 36.4 Å². The molecule has 2 heterocycles. The first-order valence-electron chi connectivity index (χ1n) is 5.66. The summed E-state index contributed by atoms with van der Waals surface area (Å²) < 4.78 is 6.69. The quantitative estimate of drug-likeness (QED) is 0.603. The molecule has 0 aromatic carbocycles. The van der Waals surface area contributed by atoms with Crippen LogP contribution in [0.25, 0.3) is 10.1 Å². The third kappa shape index (κ3) is 3.28. The summed E-state index contributed by atoms with van der Waals surface area (Å²) >= 11 is 1.73. The van der Waals surface area contributed by atoms with Gasteiger partial charge in [0.15, 0.2) is 0 Å². The van der Waals surface area contributed by atoms with Crippen LogP contribution in [0.5, 0.6) is 0 Å². The number of nitrogens with zero attached hydrogens (tertiary/aromatic N) is 1. The van der Waals surface area contributed by atoms with Gasteiger partial charge in [0.05, 0.1) is 13.2 Å². The van der Waals surface area contributed by atoms with Gasteiger partial charge in [0.25, 0.3) is 0 Å². The summed E-state index contributed by atoms with van der Waals surface area (Å²) in [5.41, 5.74) is 0. The lowest BCUT2D eigenvalue weighted by Crippen LogP contribution is -2.10. The van der Waals surface area contributed by atoms with Crippen molar-refractivity contribution in [2.24, 2.45) is 0 Å². The summed E-state index contributed by atoms with van der Waals surface area (Å²) in [5, 5.41) is 6.56. The van der Waals surface area contributed by atoms with E-state index in [1.54, 1.807) is 11.3 Å². The van der Waals surface area contributed by atoms with E-state index in [2.05, 4.69) is 28.3 Å². The van der Waals surface area contributed by atoms with Crippen molar-refractivity contribution in [1.82, 2.24) is 4.98 Å². The largest absolute Gasteiger partial charge is 0.379 e. The normalized spacial score (nSPS) is 10.6. The molecule has 0 aliphatic rings. The van der Waals surface area contributed by atoms with Gasteiger partial charge in [0, 0.05) is 22.8 Å². The van der Waals surface area contributed by atoms with Gasteiger partial charge < -0.3 is 10.1 Å². The predicted molar refractivity (Wildman–Crippen MR) is 73.7 cm³/mol. The average molecular weight is 248 g/mol. The molecule has 0 aliphatic carbocycles. The van der Waals surface area contributed by atoms with Gasteiger partial charge in [0.2, 0.25) is 0 Å². The number of nitrogens with one attached hydrogen (secondary N) is 1. The molecule has 0 atom stereocenters. The second kappa shape index (κ2) is 6.37. The second-order valence-electron chi connectivity index (χ2n) is 3.61. The molecule has 2 rings (SSSR count). The van der Waals surface area contributed by atoms with E-state index in [1.165, 1.54) is 10.1 Å². The smallest absolute Gasteiger partial charge is 0.134 e. The van der Waals surface area contributed by atoms with E-state index < -0.39 is 0 Å². The SMILES string of the molecule is C=CCCOCCNc1nccc2sccc12. The molecule has 2 aromatic rings. The van der Waals surface area contributed by atoms with Gasteiger partial charge in [-0.15, -0.1) is 17.9 Å². The number of anilines is 1. The maximum Gasteiger partial charge on any atom is 0.134 e. The Kier molecular flexibility index (Phi) is 4.53. The zero-order valence-electron chi connectivity index (χ0n) is 9.69. The van der Waals surface area contributed by atoms with Crippen LogP contribution in [0.15, 0.2) is 36.4 Å². The van der Waals surface area contributed by atoms with E-state index >= 15 is 0 Å². The third-order valence-corrected chi connectivity index (χ3v) is 3.27. The minimum Gasteiger partial charge on any atom is -0.379 e. The van der Waals surface area contributed by atoms with E-state index in [0.29, 0.717) is 6.61 Å². The van der Waals surface area contributed by atoms with E-state index in [1.807, 2.05) is 18.3 Å². The number of rotatable bonds is 7. The van der Waals surface area contributed by atoms with Crippen LogP contribution in [0.1, 0.15) is 6.42 Å². The molecule has 2 aromatic heterocycles. The molecule has 90 valence electrons. The summed E-state index contributed by atoms with van der Waals surface area (Å²) in [7, 11) is 0. The van der Waals surface area contributed by atoms with Gasteiger partial charge in [-0.2, -0.15) is 0 Å². The molecule has 0 spiro atoms. The second-order valence-corrected chi connectivity index (χ2v) is 4.56. The van der Waals surface area contributed by atoms with Gasteiger partial charge in [0.1, 0.15) is 5.82 Å². The highest BCUT2D eigenvalue weighted by Crippen LogP contribution is 2.25. The van der Waals surface area contributed by atoms with Crippen LogP contribution in [-0.4, -0.2) is 24.7 Å². The fourth-order valence-electron chi connectivity index (χ4n) is 1.55. The minimum absolute atomic E-state index is 0.691. The van der Waals surface area contributed by atoms with Gasteiger partial charge in [-0.3, -0.25) is 0 Å². The number of ether oxygens (including phenoxy) is 1. The van der Waals surface area contributed by atoms with E-state index in [0.717, 1.165) is 25.4 Å². The van der Waals surface area contributed by atoms with E-state index in [9.17, 15) is 0 Å². The Morgan fingerprint density at radius 2 is 2.35 bits per heavy atom. The maximum atomic E-state index is 5.43. The third-order valence-electron chi connectivity index (χ3n) is 2.38. The Hall–Kier alpha value is -1.39. The number of fused-ring (bicyclic) bond motifs is 1. The Labute approximate surface area is 105 Å². The molecule has 0 fully saturated rings. The zero-order chi connectivity index (χ0) is 11.9. The number of pyridine rings is 1. The topological polar surface area (TPSA) is 34.1 Å². The van der Waals surface area contributed by atoms with E-state index in [-0.39, 0.29) is 0 Å². The van der Waals surface area contributed by atoms with Gasteiger partial charge in [-0.1, -0.05) is 6.08 Å². The van der Waals surface area contributed by atoms with Gasteiger partial charge in [-0.05, 0) is 23.9 Å². The highest BCUT2D eigenvalue weighted by molar-refractivity contribution is 7.17. The first-order valence-corrected chi connectivity index (χ1v) is 6.54. The number of hydrogen-bond acceptors (Lipinski definition) is 4. The van der Waals surface area contributed by atoms with Gasteiger partial charge in [-0.25, -0.2) is 4.98 Å². The lowest BCUT2D eigenvalue weighted by atomic mass is 10.3. The van der Waals surface area contributed by atoms with Crippen LogP contribution in [0, 0.1) is 0 Å². The highest BCUT2D eigenvalue weighted by atomic mass is 32.1. The Balaban J connectivity index is 1.82. The molecule has 17 heavy (non-hydrogen) atoms. The Bertz CT molecular complexity index is 481. The number of hydrogen-bond donors (Lipinski definition) is 1. The van der Waals surface area contributed by atoms with Crippen molar-refractivity contribution in [2.75, 3.05) is 25.1 Å². The Morgan fingerprint density at radius 1 is 1.41 bits per heavy atom. The van der Waals surface area contributed by atoms with Crippen LogP contribution < -0.4 is 5.32 Å². The first kappa shape index (κ1) is 12.1. The van der Waals surface area contributed by atoms with Crippen LogP contribution in [0.2, 0.25) is 0 Å².